The highest BCUT2D eigenvalue weighted by molar-refractivity contribution is 14.1. The molecular formula is C58H59F2I2O2P2+. The molecule has 0 aliphatic rings. The van der Waals surface area contributed by atoms with E-state index in [0.29, 0.717) is 0 Å². The van der Waals surface area contributed by atoms with Crippen LogP contribution in [0.5, 0.6) is 11.5 Å². The molecule has 0 N–H and O–H groups in total. The first-order valence-electron chi connectivity index (χ1n) is 22.3. The molecule has 0 aliphatic heterocycles. The van der Waals surface area contributed by atoms with Crippen molar-refractivity contribution in [2.45, 2.75) is 25.7 Å². The summed E-state index contributed by atoms with van der Waals surface area (Å²) in [6, 6.07) is 80.4. The monoisotopic (exact) mass is 1140 g/mol. The molecule has 8 heteroatoms. The maximum Gasteiger partial charge on any atom is 0.123 e. The second-order valence-corrected chi connectivity index (χ2v) is 22.1. The van der Waals surface area contributed by atoms with Crippen molar-refractivity contribution < 1.29 is 18.3 Å². The Labute approximate surface area is 424 Å². The van der Waals surface area contributed by atoms with Crippen LogP contribution >= 0.6 is 61.8 Å². The molecule has 0 aliphatic carbocycles. The second kappa shape index (κ2) is 30.0. The van der Waals surface area contributed by atoms with Crippen molar-refractivity contribution in [3.63, 3.8) is 0 Å². The zero-order valence-electron chi connectivity index (χ0n) is 37.3. The van der Waals surface area contributed by atoms with Gasteiger partial charge < -0.3 is 9.47 Å². The highest BCUT2D eigenvalue weighted by Crippen LogP contribution is 2.56. The number of hydrogen-bond donors (Lipinski definition) is 0. The van der Waals surface area contributed by atoms with Gasteiger partial charge in [-0.3, -0.25) is 0 Å². The van der Waals surface area contributed by atoms with E-state index >= 15 is 0 Å². The van der Waals surface area contributed by atoms with Gasteiger partial charge >= 0.3 is 0 Å². The van der Waals surface area contributed by atoms with Gasteiger partial charge in [0.1, 0.15) is 61.2 Å². The largest absolute Gasteiger partial charge is 0.491 e. The molecule has 0 unspecified atom stereocenters. The molecule has 0 atom stereocenters. The molecule has 8 aromatic carbocycles. The third-order valence-electron chi connectivity index (χ3n) is 10.7. The number of alkyl halides is 3. The third kappa shape index (κ3) is 16.1. The Morgan fingerprint density at radius 1 is 0.409 bits per heavy atom. The Morgan fingerprint density at radius 3 is 1.24 bits per heavy atom. The number of aryl methyl sites for hydroxylation is 2. The SMILES string of the molecule is FCCOc1cccc(P(c2ccccc2)c2ccccc2)c1.FCCOc1cccc([P+](CCCc2ccccc2)(c2ccccc2)c2ccccc2)c1.I.ICCCc1ccccc1. The van der Waals surface area contributed by atoms with Crippen LogP contribution in [0.4, 0.5) is 8.78 Å². The summed E-state index contributed by atoms with van der Waals surface area (Å²) in [5.74, 6) is 1.46. The first kappa shape index (κ1) is 52.5. The summed E-state index contributed by atoms with van der Waals surface area (Å²) in [5.41, 5.74) is 2.82. The maximum atomic E-state index is 12.8. The third-order valence-corrected chi connectivity index (χ3v) is 18.4. The normalized spacial score (nSPS) is 10.7. The lowest BCUT2D eigenvalue weighted by molar-refractivity contribution is 0.273. The Morgan fingerprint density at radius 2 is 0.788 bits per heavy atom. The molecular weight excluding hydrogens is 1080 g/mol. The lowest BCUT2D eigenvalue weighted by atomic mass is 10.1. The van der Waals surface area contributed by atoms with Gasteiger partial charge in [-0.15, -0.1) is 24.0 Å². The maximum absolute atomic E-state index is 12.8. The summed E-state index contributed by atoms with van der Waals surface area (Å²) >= 11 is 2.41. The fraction of sp³-hybridized carbons (Fsp3) is 0.172. The van der Waals surface area contributed by atoms with Crippen molar-refractivity contribution in [1.29, 1.82) is 0 Å². The Balaban J connectivity index is 0.000000209. The number of rotatable bonds is 19. The molecule has 0 aromatic heterocycles. The van der Waals surface area contributed by atoms with Crippen molar-refractivity contribution in [1.82, 2.24) is 0 Å². The minimum atomic E-state index is -1.92. The van der Waals surface area contributed by atoms with E-state index in [4.69, 9.17) is 9.47 Å². The van der Waals surface area contributed by atoms with E-state index in [1.807, 2.05) is 42.5 Å². The van der Waals surface area contributed by atoms with Gasteiger partial charge in [0, 0.05) is 6.07 Å². The number of halogens is 4. The van der Waals surface area contributed by atoms with Crippen LogP contribution < -0.4 is 41.3 Å². The fourth-order valence-electron chi connectivity index (χ4n) is 7.72. The van der Waals surface area contributed by atoms with Gasteiger partial charge in [0.05, 0.1) is 6.16 Å². The summed E-state index contributed by atoms with van der Waals surface area (Å²) in [6.45, 7) is -0.785. The van der Waals surface area contributed by atoms with E-state index in [1.54, 1.807) is 0 Å². The number of ether oxygens (including phenoxy) is 2. The van der Waals surface area contributed by atoms with Gasteiger partial charge in [-0.25, -0.2) is 8.78 Å². The molecule has 0 bridgehead atoms. The van der Waals surface area contributed by atoms with E-state index < -0.39 is 28.5 Å². The van der Waals surface area contributed by atoms with Gasteiger partial charge in [-0.2, -0.15) is 0 Å². The first-order valence-corrected chi connectivity index (χ1v) is 27.1. The van der Waals surface area contributed by atoms with Crippen molar-refractivity contribution in [3.05, 3.63) is 242 Å². The number of hydrogen-bond acceptors (Lipinski definition) is 2. The molecule has 8 aromatic rings. The van der Waals surface area contributed by atoms with Gasteiger partial charge in [0.2, 0.25) is 0 Å². The first-order chi connectivity index (χ1) is 32.1. The summed E-state index contributed by atoms with van der Waals surface area (Å²) in [6.07, 6.45) is 5.70. The van der Waals surface area contributed by atoms with Crippen molar-refractivity contribution >= 4 is 93.6 Å². The molecule has 0 heterocycles. The molecule has 0 spiro atoms. The van der Waals surface area contributed by atoms with Crippen LogP contribution in [-0.4, -0.2) is 37.2 Å². The molecule has 2 nitrogen and oxygen atoms in total. The van der Waals surface area contributed by atoms with Crippen LogP contribution in [0.25, 0.3) is 0 Å². The lowest BCUT2D eigenvalue weighted by Crippen LogP contribution is -2.33. The smallest absolute Gasteiger partial charge is 0.123 e. The van der Waals surface area contributed by atoms with Crippen LogP contribution in [0.15, 0.2) is 231 Å². The molecule has 0 fully saturated rings. The molecule has 0 radical (unpaired) electrons. The van der Waals surface area contributed by atoms with E-state index in [1.165, 1.54) is 60.2 Å². The van der Waals surface area contributed by atoms with Gasteiger partial charge in [0.15, 0.2) is 0 Å². The predicted molar refractivity (Wildman–Crippen MR) is 302 cm³/mol. The molecule has 0 saturated heterocycles. The molecule has 0 saturated carbocycles. The number of benzene rings is 8. The van der Waals surface area contributed by atoms with Crippen LogP contribution in [-0.2, 0) is 12.8 Å². The summed E-state index contributed by atoms with van der Waals surface area (Å²) < 4.78 is 37.5. The average molecular weight is 1140 g/mol. The van der Waals surface area contributed by atoms with Crippen LogP contribution in [0.1, 0.15) is 24.0 Å². The van der Waals surface area contributed by atoms with Crippen molar-refractivity contribution in [3.8, 4) is 11.5 Å². The Bertz CT molecular complexity index is 2410. The zero-order valence-corrected chi connectivity index (χ0v) is 43.5. The molecule has 0 amide bonds. The highest BCUT2D eigenvalue weighted by atomic mass is 127. The average Bonchev–Trinajstić information content (AvgIpc) is 3.38. The van der Waals surface area contributed by atoms with Gasteiger partial charge in [0.25, 0.3) is 0 Å². The minimum Gasteiger partial charge on any atom is -0.491 e. The summed E-state index contributed by atoms with van der Waals surface area (Å²) in [5, 5.41) is 7.78. The van der Waals surface area contributed by atoms with E-state index in [0.717, 1.165) is 30.5 Å². The van der Waals surface area contributed by atoms with Crippen LogP contribution in [0.2, 0.25) is 0 Å². The lowest BCUT2D eigenvalue weighted by Gasteiger charge is -2.28. The zero-order chi connectivity index (χ0) is 45.2. The van der Waals surface area contributed by atoms with Crippen molar-refractivity contribution in [2.24, 2.45) is 0 Å². The molecule has 8 rings (SSSR count). The van der Waals surface area contributed by atoms with Crippen LogP contribution in [0, 0.1) is 0 Å². The Hall–Kier alpha value is -4.46. The minimum absolute atomic E-state index is 0. The topological polar surface area (TPSA) is 18.5 Å². The molecule has 66 heavy (non-hydrogen) atoms. The quantitative estimate of drug-likeness (QED) is 0.0456. The molecule has 340 valence electrons. The Kier molecular flexibility index (Phi) is 23.9. The van der Waals surface area contributed by atoms with Gasteiger partial charge in [-0.1, -0.05) is 199 Å². The fourth-order valence-corrected chi connectivity index (χ4v) is 14.8. The summed E-state index contributed by atoms with van der Waals surface area (Å²) in [7, 11) is -2.57. The van der Waals surface area contributed by atoms with Crippen molar-refractivity contribution in [2.75, 3.05) is 37.2 Å². The highest BCUT2D eigenvalue weighted by Gasteiger charge is 2.45. The van der Waals surface area contributed by atoms with E-state index in [2.05, 4.69) is 211 Å². The predicted octanol–water partition coefficient (Wildman–Crippen LogP) is 13.4. The van der Waals surface area contributed by atoms with E-state index in [9.17, 15) is 8.78 Å². The van der Waals surface area contributed by atoms with E-state index in [-0.39, 0.29) is 37.2 Å². The summed E-state index contributed by atoms with van der Waals surface area (Å²) in [4.78, 5) is 0. The standard InChI is InChI=1S/C29H29FOP.C20H18FOP.C9H11I.HI/c30-21-22-31-26-15-10-20-29(24-26)32(27-16-6-2-7-17-27,28-18-8-3-9-19-28)23-11-14-25-12-4-1-5-13-25;21-14-15-22-17-8-7-13-20(16-17)23(18-9-3-1-4-10-18)19-11-5-2-6-12-19;10-8-4-7-9-5-2-1-3-6-9;/h1-10,12-13,15-20,24H,11,14,21-23H2;1-13,16H,14-15H2;1-3,5-6H,4,7-8H2;1H/q+1;;;. The second-order valence-electron chi connectivity index (χ2n) is 15.1. The van der Waals surface area contributed by atoms with Gasteiger partial charge in [-0.05, 0) is 114 Å². The van der Waals surface area contributed by atoms with Crippen LogP contribution in [0.3, 0.4) is 0 Å².